The molecule has 2 saturated heterocycles. The van der Waals surface area contributed by atoms with Crippen LogP contribution in [0, 0.1) is 11.8 Å². The molecule has 104 valence electrons. The molecule has 0 aromatic carbocycles. The van der Waals surface area contributed by atoms with Crippen LogP contribution in [0.2, 0.25) is 0 Å². The lowest BCUT2D eigenvalue weighted by Gasteiger charge is -2.27. The zero-order valence-corrected chi connectivity index (χ0v) is 11.8. The maximum Gasteiger partial charge on any atom is 0.237 e. The molecule has 3 aliphatic rings. The Morgan fingerprint density at radius 2 is 1.72 bits per heavy atom. The Morgan fingerprint density at radius 1 is 1.06 bits per heavy atom. The second kappa shape index (κ2) is 6.22. The fourth-order valence-electron chi connectivity index (χ4n) is 2.98. The Kier molecular flexibility index (Phi) is 4.87. The number of hydrogen-bond acceptors (Lipinski definition) is 3. The lowest BCUT2D eigenvalue weighted by atomic mass is 9.98. The first-order chi connectivity index (χ1) is 8.31. The van der Waals surface area contributed by atoms with Crippen molar-refractivity contribution in [3.8, 4) is 0 Å². The summed E-state index contributed by atoms with van der Waals surface area (Å²) in [5.41, 5.74) is 0. The molecule has 1 saturated carbocycles. The van der Waals surface area contributed by atoms with Gasteiger partial charge in [-0.05, 0) is 50.6 Å². The molecular weight excluding hydrogens is 250 g/mol. The average molecular weight is 274 g/mol. The van der Waals surface area contributed by atoms with Gasteiger partial charge in [0.15, 0.2) is 0 Å². The maximum atomic E-state index is 11.9. The molecule has 0 radical (unpaired) electrons. The largest absolute Gasteiger partial charge is 0.328 e. The molecule has 0 aromatic heterocycles. The van der Waals surface area contributed by atoms with Crippen molar-refractivity contribution in [2.45, 2.75) is 25.7 Å². The van der Waals surface area contributed by atoms with Gasteiger partial charge in [0, 0.05) is 13.1 Å². The van der Waals surface area contributed by atoms with Crippen LogP contribution in [-0.4, -0.2) is 55.1 Å². The van der Waals surface area contributed by atoms with Gasteiger partial charge in [0.1, 0.15) is 0 Å². The number of carbonyl (C=O) groups is 1. The highest BCUT2D eigenvalue weighted by molar-refractivity contribution is 5.85. The average Bonchev–Trinajstić information content (AvgIpc) is 3.07. The molecule has 1 N–H and O–H groups in total. The van der Waals surface area contributed by atoms with E-state index in [0.717, 1.165) is 44.7 Å². The highest BCUT2D eigenvalue weighted by Crippen LogP contribution is 2.30. The fraction of sp³-hybridized carbons (Fsp3) is 0.923. The van der Waals surface area contributed by atoms with Crippen LogP contribution in [0.25, 0.3) is 0 Å². The third-order valence-electron chi connectivity index (χ3n) is 4.23. The molecule has 18 heavy (non-hydrogen) atoms. The van der Waals surface area contributed by atoms with Gasteiger partial charge in [-0.2, -0.15) is 0 Å². The van der Waals surface area contributed by atoms with Crippen LogP contribution in [0.5, 0.6) is 0 Å². The molecule has 1 aliphatic carbocycles. The normalized spacial score (nSPS) is 26.4. The molecule has 1 amide bonds. The zero-order chi connectivity index (χ0) is 11.7. The van der Waals surface area contributed by atoms with Crippen molar-refractivity contribution in [3.63, 3.8) is 0 Å². The van der Waals surface area contributed by atoms with E-state index in [0.29, 0.717) is 12.5 Å². The molecule has 2 aliphatic heterocycles. The summed E-state index contributed by atoms with van der Waals surface area (Å²) < 4.78 is 0. The van der Waals surface area contributed by atoms with Crippen LogP contribution in [0.4, 0.5) is 0 Å². The monoisotopic (exact) mass is 273 g/mol. The Balaban J connectivity index is 0.00000120. The molecule has 0 spiro atoms. The Hall–Kier alpha value is -0.320. The summed E-state index contributed by atoms with van der Waals surface area (Å²) >= 11 is 0. The van der Waals surface area contributed by atoms with E-state index >= 15 is 0 Å². The molecule has 0 bridgehead atoms. The van der Waals surface area contributed by atoms with Crippen molar-refractivity contribution in [3.05, 3.63) is 0 Å². The summed E-state index contributed by atoms with van der Waals surface area (Å²) in [6.45, 7) is 5.99. The van der Waals surface area contributed by atoms with Gasteiger partial charge in [-0.15, -0.1) is 12.4 Å². The Bertz CT molecular complexity index is 290. The molecule has 3 rings (SSSR count). The predicted octanol–water partition coefficient (Wildman–Crippen LogP) is 0.919. The van der Waals surface area contributed by atoms with E-state index in [9.17, 15) is 4.79 Å². The molecule has 5 heteroatoms. The SMILES string of the molecule is Cl.O=C1CN(CC2CCNCC2)CN1CC1CC1. The minimum absolute atomic E-state index is 0. The van der Waals surface area contributed by atoms with Gasteiger partial charge in [-0.3, -0.25) is 9.69 Å². The van der Waals surface area contributed by atoms with Crippen molar-refractivity contribution in [1.82, 2.24) is 15.1 Å². The van der Waals surface area contributed by atoms with Crippen LogP contribution in [0.1, 0.15) is 25.7 Å². The zero-order valence-electron chi connectivity index (χ0n) is 10.9. The molecular formula is C13H24ClN3O. The minimum Gasteiger partial charge on any atom is -0.328 e. The van der Waals surface area contributed by atoms with Gasteiger partial charge >= 0.3 is 0 Å². The van der Waals surface area contributed by atoms with Crippen molar-refractivity contribution in [2.75, 3.05) is 39.4 Å². The van der Waals surface area contributed by atoms with Crippen molar-refractivity contribution < 1.29 is 4.79 Å². The summed E-state index contributed by atoms with van der Waals surface area (Å²) in [6.07, 6.45) is 5.21. The van der Waals surface area contributed by atoms with Gasteiger partial charge in [-0.25, -0.2) is 0 Å². The maximum absolute atomic E-state index is 11.9. The summed E-state index contributed by atoms with van der Waals surface area (Å²) in [4.78, 5) is 16.3. The highest BCUT2D eigenvalue weighted by atomic mass is 35.5. The van der Waals surface area contributed by atoms with Crippen molar-refractivity contribution >= 4 is 18.3 Å². The molecule has 3 fully saturated rings. The summed E-state index contributed by atoms with van der Waals surface area (Å²) in [7, 11) is 0. The summed E-state index contributed by atoms with van der Waals surface area (Å²) in [6, 6.07) is 0. The van der Waals surface area contributed by atoms with Gasteiger partial charge in [-0.1, -0.05) is 0 Å². The number of nitrogens with zero attached hydrogens (tertiary/aromatic N) is 2. The van der Waals surface area contributed by atoms with Crippen LogP contribution in [-0.2, 0) is 4.79 Å². The van der Waals surface area contributed by atoms with Crippen molar-refractivity contribution in [2.24, 2.45) is 11.8 Å². The van der Waals surface area contributed by atoms with E-state index in [4.69, 9.17) is 0 Å². The number of amides is 1. The van der Waals surface area contributed by atoms with Gasteiger partial charge in [0.2, 0.25) is 5.91 Å². The van der Waals surface area contributed by atoms with Gasteiger partial charge in [0.05, 0.1) is 13.2 Å². The molecule has 0 atom stereocenters. The summed E-state index contributed by atoms with van der Waals surface area (Å²) in [5, 5.41) is 3.40. The second-order valence-corrected chi connectivity index (χ2v) is 5.91. The summed E-state index contributed by atoms with van der Waals surface area (Å²) in [5.74, 6) is 1.97. The lowest BCUT2D eigenvalue weighted by molar-refractivity contribution is -0.126. The van der Waals surface area contributed by atoms with E-state index < -0.39 is 0 Å². The lowest BCUT2D eigenvalue weighted by Crippen LogP contribution is -2.36. The quantitative estimate of drug-likeness (QED) is 0.827. The van der Waals surface area contributed by atoms with E-state index in [-0.39, 0.29) is 12.4 Å². The van der Waals surface area contributed by atoms with E-state index in [1.54, 1.807) is 0 Å². The number of nitrogens with one attached hydrogen (secondary N) is 1. The smallest absolute Gasteiger partial charge is 0.237 e. The molecule has 0 aromatic rings. The number of piperidine rings is 1. The van der Waals surface area contributed by atoms with E-state index in [2.05, 4.69) is 15.1 Å². The number of carbonyl (C=O) groups excluding carboxylic acids is 1. The minimum atomic E-state index is 0. The van der Waals surface area contributed by atoms with Crippen LogP contribution in [0.3, 0.4) is 0 Å². The Morgan fingerprint density at radius 3 is 2.39 bits per heavy atom. The molecule has 2 heterocycles. The predicted molar refractivity (Wildman–Crippen MR) is 73.7 cm³/mol. The topological polar surface area (TPSA) is 35.6 Å². The third-order valence-corrected chi connectivity index (χ3v) is 4.23. The van der Waals surface area contributed by atoms with E-state index in [1.165, 1.54) is 25.7 Å². The number of hydrogen-bond donors (Lipinski definition) is 1. The highest BCUT2D eigenvalue weighted by Gasteiger charge is 2.33. The Labute approximate surface area is 115 Å². The first-order valence-corrected chi connectivity index (χ1v) is 7.02. The van der Waals surface area contributed by atoms with Gasteiger partial charge < -0.3 is 10.2 Å². The first-order valence-electron chi connectivity index (χ1n) is 7.02. The van der Waals surface area contributed by atoms with E-state index in [1.807, 2.05) is 0 Å². The fourth-order valence-corrected chi connectivity index (χ4v) is 2.98. The van der Waals surface area contributed by atoms with Crippen LogP contribution >= 0.6 is 12.4 Å². The first kappa shape index (κ1) is 14.1. The standard InChI is InChI=1S/C13H23N3O.ClH/c17-13-9-15(7-12-3-5-14-6-4-12)10-16(13)8-11-1-2-11;/h11-12,14H,1-10H2;1H. The second-order valence-electron chi connectivity index (χ2n) is 5.91. The third kappa shape index (κ3) is 3.59. The molecule has 0 unspecified atom stereocenters. The van der Waals surface area contributed by atoms with Crippen molar-refractivity contribution in [1.29, 1.82) is 0 Å². The van der Waals surface area contributed by atoms with Crippen LogP contribution in [0.15, 0.2) is 0 Å². The number of halogens is 1. The number of rotatable bonds is 4. The van der Waals surface area contributed by atoms with Gasteiger partial charge in [0.25, 0.3) is 0 Å². The van der Waals surface area contributed by atoms with Crippen LogP contribution < -0.4 is 5.32 Å². The molecule has 4 nitrogen and oxygen atoms in total.